The molecule has 1 aromatic rings. The van der Waals surface area contributed by atoms with Crippen LogP contribution in [0.3, 0.4) is 0 Å². The van der Waals surface area contributed by atoms with Crippen molar-refractivity contribution in [3.05, 3.63) is 29.8 Å². The minimum absolute atomic E-state index is 0.597. The van der Waals surface area contributed by atoms with Crippen LogP contribution in [0.2, 0.25) is 0 Å². The number of methoxy groups -OCH3 is 3. The standard InChI is InChI=1S/C27H46O4/c1-5-6-7-8-9-10-11-12-13-14-15-16-17-18-19-20-24(28)27-25(30-3)21-23(29-2)22-26(27)31-4/h12-13,21-22,24,28H,5-11,14-20H2,1-4H3/b13-12-. The van der Waals surface area contributed by atoms with Gasteiger partial charge in [0.15, 0.2) is 0 Å². The molecule has 0 spiro atoms. The molecule has 178 valence electrons. The number of rotatable bonds is 19. The Morgan fingerprint density at radius 3 is 1.68 bits per heavy atom. The molecule has 1 aromatic carbocycles. The number of allylic oxidation sites excluding steroid dienone is 2. The van der Waals surface area contributed by atoms with E-state index in [9.17, 15) is 5.11 Å². The van der Waals surface area contributed by atoms with Gasteiger partial charge < -0.3 is 19.3 Å². The summed E-state index contributed by atoms with van der Waals surface area (Å²) in [5.74, 6) is 1.87. The first-order valence-electron chi connectivity index (χ1n) is 12.3. The quantitative estimate of drug-likeness (QED) is 0.178. The van der Waals surface area contributed by atoms with Gasteiger partial charge in [-0.15, -0.1) is 0 Å². The molecule has 0 aliphatic heterocycles. The smallest absolute Gasteiger partial charge is 0.132 e. The minimum Gasteiger partial charge on any atom is -0.496 e. The highest BCUT2D eigenvalue weighted by molar-refractivity contribution is 5.51. The number of unbranched alkanes of at least 4 members (excludes halogenated alkanes) is 11. The molecule has 1 unspecified atom stereocenters. The van der Waals surface area contributed by atoms with E-state index in [1.165, 1.54) is 70.6 Å². The molecular weight excluding hydrogens is 388 g/mol. The Labute approximate surface area is 191 Å². The van der Waals surface area contributed by atoms with E-state index >= 15 is 0 Å². The maximum Gasteiger partial charge on any atom is 0.132 e. The van der Waals surface area contributed by atoms with Crippen molar-refractivity contribution in [2.75, 3.05) is 21.3 Å². The Balaban J connectivity index is 2.16. The van der Waals surface area contributed by atoms with Crippen molar-refractivity contribution in [2.45, 2.75) is 103 Å². The summed E-state index contributed by atoms with van der Waals surface area (Å²) in [7, 11) is 4.81. The number of aliphatic hydroxyl groups is 1. The van der Waals surface area contributed by atoms with Crippen molar-refractivity contribution < 1.29 is 19.3 Å². The molecule has 0 bridgehead atoms. The van der Waals surface area contributed by atoms with Gasteiger partial charge >= 0.3 is 0 Å². The second kappa shape index (κ2) is 17.9. The van der Waals surface area contributed by atoms with E-state index in [0.717, 1.165) is 12.8 Å². The lowest BCUT2D eigenvalue weighted by Gasteiger charge is -2.19. The van der Waals surface area contributed by atoms with E-state index in [1.54, 1.807) is 33.5 Å². The van der Waals surface area contributed by atoms with Crippen molar-refractivity contribution in [3.63, 3.8) is 0 Å². The second-order valence-corrected chi connectivity index (χ2v) is 8.33. The third-order valence-corrected chi connectivity index (χ3v) is 5.83. The highest BCUT2D eigenvalue weighted by atomic mass is 16.5. The van der Waals surface area contributed by atoms with Crippen molar-refractivity contribution in [3.8, 4) is 17.2 Å². The maximum atomic E-state index is 10.7. The summed E-state index contributed by atoms with van der Waals surface area (Å²) in [6.45, 7) is 2.27. The predicted molar refractivity (Wildman–Crippen MR) is 131 cm³/mol. The zero-order valence-electron chi connectivity index (χ0n) is 20.5. The van der Waals surface area contributed by atoms with Gasteiger partial charge in [-0.3, -0.25) is 0 Å². The number of hydrogen-bond donors (Lipinski definition) is 1. The Kier molecular flexibility index (Phi) is 15.8. The van der Waals surface area contributed by atoms with Crippen LogP contribution in [0.5, 0.6) is 17.2 Å². The Morgan fingerprint density at radius 2 is 1.19 bits per heavy atom. The summed E-state index contributed by atoms with van der Waals surface area (Å²) < 4.78 is 16.2. The van der Waals surface area contributed by atoms with E-state index in [0.29, 0.717) is 29.2 Å². The molecule has 0 saturated heterocycles. The Bertz CT molecular complexity index is 572. The summed E-state index contributed by atoms with van der Waals surface area (Å²) in [5.41, 5.74) is 0.710. The summed E-state index contributed by atoms with van der Waals surface area (Å²) in [4.78, 5) is 0. The third-order valence-electron chi connectivity index (χ3n) is 5.83. The highest BCUT2D eigenvalue weighted by Crippen LogP contribution is 2.39. The van der Waals surface area contributed by atoms with Crippen LogP contribution in [0.4, 0.5) is 0 Å². The molecule has 0 saturated carbocycles. The van der Waals surface area contributed by atoms with Gasteiger partial charge in [-0.25, -0.2) is 0 Å². The summed E-state index contributed by atoms with van der Waals surface area (Å²) in [6.07, 6.45) is 21.4. The molecule has 0 aliphatic rings. The molecule has 4 heteroatoms. The number of benzene rings is 1. The fourth-order valence-electron chi connectivity index (χ4n) is 3.91. The maximum absolute atomic E-state index is 10.7. The molecule has 1 N–H and O–H groups in total. The SMILES string of the molecule is CCCCCCCC/C=C\CCCCCCCC(O)c1c(OC)cc(OC)cc1OC. The van der Waals surface area contributed by atoms with Crippen LogP contribution in [0, 0.1) is 0 Å². The van der Waals surface area contributed by atoms with E-state index in [-0.39, 0.29) is 0 Å². The van der Waals surface area contributed by atoms with Crippen molar-refractivity contribution >= 4 is 0 Å². The average Bonchev–Trinajstić information content (AvgIpc) is 2.80. The van der Waals surface area contributed by atoms with Gasteiger partial charge in [-0.1, -0.05) is 76.9 Å². The Hall–Kier alpha value is -1.68. The summed E-state index contributed by atoms with van der Waals surface area (Å²) in [6, 6.07) is 3.59. The van der Waals surface area contributed by atoms with E-state index in [2.05, 4.69) is 19.1 Å². The molecule has 0 radical (unpaired) electrons. The van der Waals surface area contributed by atoms with Gasteiger partial charge in [0, 0.05) is 12.1 Å². The lowest BCUT2D eigenvalue weighted by Crippen LogP contribution is -2.04. The first-order valence-corrected chi connectivity index (χ1v) is 12.3. The van der Waals surface area contributed by atoms with E-state index in [1.807, 2.05) is 0 Å². The molecule has 4 nitrogen and oxygen atoms in total. The van der Waals surface area contributed by atoms with Crippen molar-refractivity contribution in [1.82, 2.24) is 0 Å². The van der Waals surface area contributed by atoms with Crippen LogP contribution in [-0.4, -0.2) is 26.4 Å². The highest BCUT2D eigenvalue weighted by Gasteiger charge is 2.20. The van der Waals surface area contributed by atoms with Crippen LogP contribution >= 0.6 is 0 Å². The fraction of sp³-hybridized carbons (Fsp3) is 0.704. The zero-order chi connectivity index (χ0) is 22.7. The van der Waals surface area contributed by atoms with Gasteiger partial charge in [0.1, 0.15) is 17.2 Å². The molecule has 0 aliphatic carbocycles. The molecule has 0 aromatic heterocycles. The molecule has 1 rings (SSSR count). The molecule has 0 fully saturated rings. The Morgan fingerprint density at radius 1 is 0.710 bits per heavy atom. The lowest BCUT2D eigenvalue weighted by molar-refractivity contribution is 0.155. The first-order chi connectivity index (χ1) is 15.2. The average molecular weight is 435 g/mol. The molecule has 0 heterocycles. The zero-order valence-corrected chi connectivity index (χ0v) is 20.5. The van der Waals surface area contributed by atoms with Crippen LogP contribution < -0.4 is 14.2 Å². The summed E-state index contributed by atoms with van der Waals surface area (Å²) >= 11 is 0. The van der Waals surface area contributed by atoms with Crippen molar-refractivity contribution in [1.29, 1.82) is 0 Å². The monoisotopic (exact) mass is 434 g/mol. The van der Waals surface area contributed by atoms with Crippen LogP contribution in [-0.2, 0) is 0 Å². The third kappa shape index (κ3) is 11.5. The second-order valence-electron chi connectivity index (χ2n) is 8.33. The van der Waals surface area contributed by atoms with Crippen molar-refractivity contribution in [2.24, 2.45) is 0 Å². The predicted octanol–water partition coefficient (Wildman–Crippen LogP) is 7.78. The minimum atomic E-state index is -0.597. The normalized spacial score (nSPS) is 12.3. The topological polar surface area (TPSA) is 47.9 Å². The number of ether oxygens (including phenoxy) is 3. The number of hydrogen-bond acceptors (Lipinski definition) is 4. The fourth-order valence-corrected chi connectivity index (χ4v) is 3.91. The molecular formula is C27H46O4. The lowest BCUT2D eigenvalue weighted by atomic mass is 10.00. The molecule has 0 amide bonds. The summed E-state index contributed by atoms with van der Waals surface area (Å²) in [5, 5.41) is 10.7. The van der Waals surface area contributed by atoms with E-state index < -0.39 is 6.10 Å². The largest absolute Gasteiger partial charge is 0.496 e. The first kappa shape index (κ1) is 27.4. The van der Waals surface area contributed by atoms with Gasteiger partial charge in [-0.2, -0.15) is 0 Å². The van der Waals surface area contributed by atoms with Crippen LogP contribution in [0.25, 0.3) is 0 Å². The number of aliphatic hydroxyl groups excluding tert-OH is 1. The van der Waals surface area contributed by atoms with Gasteiger partial charge in [0.2, 0.25) is 0 Å². The van der Waals surface area contributed by atoms with Gasteiger partial charge in [0.25, 0.3) is 0 Å². The molecule has 31 heavy (non-hydrogen) atoms. The van der Waals surface area contributed by atoms with Gasteiger partial charge in [0.05, 0.1) is 33.0 Å². The van der Waals surface area contributed by atoms with Crippen LogP contribution in [0.15, 0.2) is 24.3 Å². The van der Waals surface area contributed by atoms with Crippen LogP contribution in [0.1, 0.15) is 108 Å². The van der Waals surface area contributed by atoms with Gasteiger partial charge in [-0.05, 0) is 32.1 Å². The van der Waals surface area contributed by atoms with E-state index in [4.69, 9.17) is 14.2 Å². The molecule has 1 atom stereocenters.